The smallest absolute Gasteiger partial charge is 0.198 e. The quantitative estimate of drug-likeness (QED) is 0.202. The van der Waals surface area contributed by atoms with Crippen molar-refractivity contribution in [3.63, 3.8) is 0 Å². The summed E-state index contributed by atoms with van der Waals surface area (Å²) in [5, 5.41) is 63.4. The molecule has 1 aliphatic heterocycles. The van der Waals surface area contributed by atoms with Gasteiger partial charge in [-0.25, -0.2) is 0 Å². The van der Waals surface area contributed by atoms with Crippen LogP contribution in [0.25, 0.3) is 0 Å². The van der Waals surface area contributed by atoms with Crippen molar-refractivity contribution in [3.8, 4) is 11.5 Å². The Hall–Kier alpha value is -3.23. The first-order valence-corrected chi connectivity index (χ1v) is 12.5. The Morgan fingerprint density at radius 1 is 1.13 bits per heavy atom. The maximum absolute atomic E-state index is 13.6. The van der Waals surface area contributed by atoms with Gasteiger partial charge >= 0.3 is 0 Å². The van der Waals surface area contributed by atoms with Crippen LogP contribution in [0.4, 0.5) is 0 Å². The minimum absolute atomic E-state index is 0.00600. The van der Waals surface area contributed by atoms with Crippen LogP contribution in [0.5, 0.6) is 11.5 Å². The SMILES string of the molecule is CC1OC(O[C@H]2C[C@](O)(C(=O)CO)Cc3c(O)c4c(c(O)c32)C(=O)c2c(CO)cccc2C4=O)CC(N)C1O. The Labute approximate surface area is 222 Å². The molecule has 5 rings (SSSR count). The van der Waals surface area contributed by atoms with Gasteiger partial charge in [-0.05, 0) is 12.5 Å². The number of ether oxygens (including phenoxy) is 2. The van der Waals surface area contributed by atoms with E-state index in [1.54, 1.807) is 6.92 Å². The normalized spacial score (nSPS) is 29.9. The van der Waals surface area contributed by atoms with E-state index in [-0.39, 0.29) is 34.2 Å². The third kappa shape index (κ3) is 4.16. The number of carbonyl (C=O) groups is 3. The van der Waals surface area contributed by atoms with Crippen molar-refractivity contribution in [1.82, 2.24) is 0 Å². The molecule has 2 aromatic carbocycles. The number of phenols is 2. The highest BCUT2D eigenvalue weighted by molar-refractivity contribution is 6.31. The first-order chi connectivity index (χ1) is 18.4. The Balaban J connectivity index is 1.69. The van der Waals surface area contributed by atoms with Crippen LogP contribution in [-0.2, 0) is 27.3 Å². The molecule has 12 heteroatoms. The van der Waals surface area contributed by atoms with Crippen molar-refractivity contribution in [2.24, 2.45) is 5.73 Å². The number of aromatic hydroxyl groups is 2. The van der Waals surface area contributed by atoms with E-state index in [1.807, 2.05) is 0 Å². The van der Waals surface area contributed by atoms with Gasteiger partial charge in [0, 0.05) is 47.6 Å². The Morgan fingerprint density at radius 3 is 2.46 bits per heavy atom. The molecular formula is C27H29NO11. The fourth-order valence-corrected chi connectivity index (χ4v) is 5.81. The van der Waals surface area contributed by atoms with E-state index in [2.05, 4.69) is 0 Å². The molecule has 8 N–H and O–H groups in total. The van der Waals surface area contributed by atoms with Crippen LogP contribution in [0.1, 0.15) is 74.4 Å². The summed E-state index contributed by atoms with van der Waals surface area (Å²) < 4.78 is 11.7. The van der Waals surface area contributed by atoms with Gasteiger partial charge < -0.3 is 45.8 Å². The molecule has 39 heavy (non-hydrogen) atoms. The molecule has 0 aromatic heterocycles. The molecule has 6 atom stereocenters. The molecule has 12 nitrogen and oxygen atoms in total. The Morgan fingerprint density at radius 2 is 1.82 bits per heavy atom. The van der Waals surface area contributed by atoms with Crippen LogP contribution < -0.4 is 5.73 Å². The van der Waals surface area contributed by atoms with Gasteiger partial charge in [-0.2, -0.15) is 0 Å². The second kappa shape index (κ2) is 9.75. The molecule has 0 saturated carbocycles. The molecule has 1 fully saturated rings. The van der Waals surface area contributed by atoms with Crippen LogP contribution in [0.15, 0.2) is 18.2 Å². The van der Waals surface area contributed by atoms with Gasteiger partial charge in [0.25, 0.3) is 0 Å². The minimum Gasteiger partial charge on any atom is -0.507 e. The summed E-state index contributed by atoms with van der Waals surface area (Å²) in [7, 11) is 0. The summed E-state index contributed by atoms with van der Waals surface area (Å²) in [6.45, 7) is -0.0137. The van der Waals surface area contributed by atoms with Crippen molar-refractivity contribution in [2.45, 2.75) is 69.0 Å². The molecule has 0 radical (unpaired) electrons. The predicted octanol–water partition coefficient (Wildman–Crippen LogP) is -0.515. The maximum Gasteiger partial charge on any atom is 0.198 e. The number of aliphatic hydroxyl groups excluding tert-OH is 3. The van der Waals surface area contributed by atoms with Crippen LogP contribution in [-0.4, -0.2) is 84.7 Å². The van der Waals surface area contributed by atoms with Gasteiger partial charge in [-0.1, -0.05) is 18.2 Å². The zero-order valence-corrected chi connectivity index (χ0v) is 21.0. The van der Waals surface area contributed by atoms with Crippen molar-refractivity contribution >= 4 is 17.3 Å². The monoisotopic (exact) mass is 543 g/mol. The number of Topliss-reactive ketones (excluding diaryl/α,β-unsaturated/α-hetero) is 1. The molecular weight excluding hydrogens is 514 g/mol. The van der Waals surface area contributed by atoms with E-state index in [0.717, 1.165) is 0 Å². The largest absolute Gasteiger partial charge is 0.507 e. The molecule has 0 spiro atoms. The Bertz CT molecular complexity index is 1380. The summed E-state index contributed by atoms with van der Waals surface area (Å²) in [6, 6.07) is 3.53. The standard InChI is InChI=1S/C27H29NO11/c1-10-22(32)14(28)5-17(38-10)39-15-7-27(37,16(31)9-30)6-13-19(15)26(36)21-20(24(13)34)23(33)12-4-2-3-11(8-29)18(12)25(21)35/h2-4,10,14-15,17,22,29-30,32,34,36-37H,5-9,28H2,1H3/t10?,14?,15-,17?,22?,27-/m0/s1. The molecule has 0 amide bonds. The molecule has 208 valence electrons. The first-order valence-electron chi connectivity index (χ1n) is 12.5. The third-order valence-electron chi connectivity index (χ3n) is 7.88. The molecule has 2 aromatic rings. The van der Waals surface area contributed by atoms with Crippen molar-refractivity contribution in [1.29, 1.82) is 0 Å². The lowest BCUT2D eigenvalue weighted by atomic mass is 9.71. The zero-order valence-electron chi connectivity index (χ0n) is 21.0. The number of aliphatic hydroxyl groups is 4. The molecule has 0 bridgehead atoms. The lowest BCUT2D eigenvalue weighted by Gasteiger charge is -2.42. The van der Waals surface area contributed by atoms with Crippen LogP contribution >= 0.6 is 0 Å². The highest BCUT2D eigenvalue weighted by atomic mass is 16.7. The average Bonchev–Trinajstić information content (AvgIpc) is 2.90. The van der Waals surface area contributed by atoms with Gasteiger partial charge in [0.05, 0.1) is 36.0 Å². The zero-order chi connectivity index (χ0) is 28.4. The topological polar surface area (TPSA) is 217 Å². The number of carbonyl (C=O) groups excluding carboxylic acids is 3. The van der Waals surface area contributed by atoms with E-state index in [4.69, 9.17) is 15.2 Å². The van der Waals surface area contributed by atoms with Crippen molar-refractivity contribution < 1.29 is 54.5 Å². The van der Waals surface area contributed by atoms with E-state index in [1.165, 1.54) is 18.2 Å². The number of benzene rings is 2. The predicted molar refractivity (Wildman–Crippen MR) is 131 cm³/mol. The number of hydrogen-bond acceptors (Lipinski definition) is 12. The first kappa shape index (κ1) is 27.3. The molecule has 3 aliphatic rings. The number of nitrogens with two attached hydrogens (primary N) is 1. The molecule has 2 aliphatic carbocycles. The second-order valence-corrected chi connectivity index (χ2v) is 10.3. The number of fused-ring (bicyclic) bond motifs is 3. The molecule has 1 heterocycles. The number of hydrogen-bond donors (Lipinski definition) is 7. The highest BCUT2D eigenvalue weighted by Gasteiger charge is 2.50. The average molecular weight is 544 g/mol. The van der Waals surface area contributed by atoms with Gasteiger partial charge in [0.15, 0.2) is 23.6 Å². The summed E-state index contributed by atoms with van der Waals surface area (Å²) in [4.78, 5) is 39.7. The van der Waals surface area contributed by atoms with E-state index < -0.39 is 102 Å². The van der Waals surface area contributed by atoms with Crippen LogP contribution in [0.3, 0.4) is 0 Å². The van der Waals surface area contributed by atoms with Crippen LogP contribution in [0, 0.1) is 0 Å². The number of ketones is 3. The van der Waals surface area contributed by atoms with Crippen molar-refractivity contribution in [2.75, 3.05) is 6.61 Å². The Kier molecular flexibility index (Phi) is 6.84. The summed E-state index contributed by atoms with van der Waals surface area (Å²) in [6.07, 6.45) is -5.21. The molecule has 1 saturated heterocycles. The van der Waals surface area contributed by atoms with Gasteiger partial charge in [0.1, 0.15) is 23.7 Å². The highest BCUT2D eigenvalue weighted by Crippen LogP contribution is 2.52. The maximum atomic E-state index is 13.6. The van der Waals surface area contributed by atoms with Crippen LogP contribution in [0.2, 0.25) is 0 Å². The van der Waals surface area contributed by atoms with Crippen molar-refractivity contribution in [3.05, 3.63) is 57.1 Å². The van der Waals surface area contributed by atoms with Gasteiger partial charge in [-0.15, -0.1) is 0 Å². The van der Waals surface area contributed by atoms with Gasteiger partial charge in [-0.3, -0.25) is 14.4 Å². The van der Waals surface area contributed by atoms with E-state index in [9.17, 15) is 45.0 Å². The van der Waals surface area contributed by atoms with E-state index in [0.29, 0.717) is 0 Å². The minimum atomic E-state index is -2.25. The molecule has 4 unspecified atom stereocenters. The summed E-state index contributed by atoms with van der Waals surface area (Å²) in [5.41, 5.74) is 2.35. The summed E-state index contributed by atoms with van der Waals surface area (Å²) >= 11 is 0. The number of rotatable bonds is 5. The third-order valence-corrected chi connectivity index (χ3v) is 7.88. The fraction of sp³-hybridized carbons (Fsp3) is 0.444. The summed E-state index contributed by atoms with van der Waals surface area (Å²) in [5.74, 6) is -4.00. The lowest BCUT2D eigenvalue weighted by Crippen LogP contribution is -2.53. The van der Waals surface area contributed by atoms with E-state index >= 15 is 0 Å². The lowest BCUT2D eigenvalue weighted by molar-refractivity contribution is -0.247. The fourth-order valence-electron chi connectivity index (χ4n) is 5.81. The van der Waals surface area contributed by atoms with Gasteiger partial charge in [0.2, 0.25) is 0 Å². The second-order valence-electron chi connectivity index (χ2n) is 10.3. The number of phenolic OH excluding ortho intramolecular Hbond substituents is 2.